The molecule has 1 N–H and O–H groups in total. The highest BCUT2D eigenvalue weighted by Crippen LogP contribution is 2.48. The zero-order valence-electron chi connectivity index (χ0n) is 14.2. The van der Waals surface area contributed by atoms with Crippen molar-refractivity contribution < 1.29 is 9.59 Å². The molecule has 1 aliphatic rings. The quantitative estimate of drug-likeness (QED) is 0.864. The maximum Gasteiger partial charge on any atom is 0.194 e. The first kappa shape index (κ1) is 15.7. The van der Waals surface area contributed by atoms with Gasteiger partial charge in [0.25, 0.3) is 0 Å². The second kappa shape index (κ2) is 5.19. The molecule has 120 valence electrons. The fraction of sp³-hybridized carbons (Fsp3) is 0.400. The second-order valence-electron chi connectivity index (χ2n) is 7.75. The number of nitrogens with one attached hydrogen (secondary N) is 1. The molecule has 1 aromatic carbocycles. The Kier molecular flexibility index (Phi) is 3.55. The van der Waals surface area contributed by atoms with Gasteiger partial charge in [0.05, 0.1) is 5.41 Å². The van der Waals surface area contributed by atoms with E-state index >= 15 is 0 Å². The lowest BCUT2D eigenvalue weighted by atomic mass is 9.76. The highest BCUT2D eigenvalue weighted by atomic mass is 16.1. The summed E-state index contributed by atoms with van der Waals surface area (Å²) in [5.74, 6) is 0.198. The van der Waals surface area contributed by atoms with Crippen molar-refractivity contribution in [2.75, 3.05) is 0 Å². The summed E-state index contributed by atoms with van der Waals surface area (Å²) >= 11 is 0. The molecule has 3 heteroatoms. The van der Waals surface area contributed by atoms with Crippen LogP contribution in [-0.4, -0.2) is 16.6 Å². The standard InChI is InChI=1S/C20H23NO2/c1-13-6-5-7-14(8-13)18(23)15-10-21-11-16(15)20(4)12-19(2,3)9-17(20)22/h5-8,10-11,21H,9,12H2,1-4H3. The summed E-state index contributed by atoms with van der Waals surface area (Å²) in [4.78, 5) is 28.6. The van der Waals surface area contributed by atoms with Crippen LogP contribution >= 0.6 is 0 Å². The third-order valence-corrected chi connectivity index (χ3v) is 4.95. The fourth-order valence-electron chi connectivity index (χ4n) is 3.94. The molecule has 0 bridgehead atoms. The van der Waals surface area contributed by atoms with Gasteiger partial charge < -0.3 is 4.98 Å². The number of aromatic nitrogens is 1. The van der Waals surface area contributed by atoms with E-state index in [0.29, 0.717) is 17.5 Å². The Morgan fingerprint density at radius 3 is 2.52 bits per heavy atom. The van der Waals surface area contributed by atoms with E-state index in [1.54, 1.807) is 6.20 Å². The van der Waals surface area contributed by atoms with Gasteiger partial charge >= 0.3 is 0 Å². The Hall–Kier alpha value is -2.16. The Morgan fingerprint density at radius 2 is 1.91 bits per heavy atom. The number of carbonyl (C=O) groups excluding carboxylic acids is 2. The number of aromatic amines is 1. The zero-order valence-corrected chi connectivity index (χ0v) is 14.2. The number of hydrogen-bond acceptors (Lipinski definition) is 2. The maximum absolute atomic E-state index is 12.9. The number of H-pyrrole nitrogens is 1. The molecule has 1 unspecified atom stereocenters. The molecule has 0 aliphatic heterocycles. The minimum atomic E-state index is -0.585. The summed E-state index contributed by atoms with van der Waals surface area (Å²) in [6, 6.07) is 7.58. The van der Waals surface area contributed by atoms with Gasteiger partial charge in [-0.1, -0.05) is 37.6 Å². The van der Waals surface area contributed by atoms with Crippen molar-refractivity contribution in [3.63, 3.8) is 0 Å². The third kappa shape index (κ3) is 2.65. The summed E-state index contributed by atoms with van der Waals surface area (Å²) < 4.78 is 0. The van der Waals surface area contributed by atoms with Crippen LogP contribution in [0.1, 0.15) is 60.7 Å². The molecule has 23 heavy (non-hydrogen) atoms. The van der Waals surface area contributed by atoms with Gasteiger partial charge in [-0.3, -0.25) is 9.59 Å². The van der Waals surface area contributed by atoms with Crippen molar-refractivity contribution in [3.05, 3.63) is 58.9 Å². The summed E-state index contributed by atoms with van der Waals surface area (Å²) in [7, 11) is 0. The molecule has 1 atom stereocenters. The fourth-order valence-corrected chi connectivity index (χ4v) is 3.94. The Balaban J connectivity index is 2.04. The smallest absolute Gasteiger partial charge is 0.194 e. The minimum Gasteiger partial charge on any atom is -0.367 e. The molecular weight excluding hydrogens is 286 g/mol. The molecular formula is C20H23NO2. The molecule has 1 aromatic heterocycles. The van der Waals surface area contributed by atoms with Crippen molar-refractivity contribution in [2.45, 2.75) is 46.0 Å². The predicted molar refractivity (Wildman–Crippen MR) is 90.8 cm³/mol. The van der Waals surface area contributed by atoms with Crippen LogP contribution in [0.25, 0.3) is 0 Å². The summed E-state index contributed by atoms with van der Waals surface area (Å²) in [5, 5.41) is 0. The monoisotopic (exact) mass is 309 g/mol. The average Bonchev–Trinajstić information content (AvgIpc) is 3.02. The largest absolute Gasteiger partial charge is 0.367 e. The van der Waals surface area contributed by atoms with E-state index < -0.39 is 5.41 Å². The van der Waals surface area contributed by atoms with Crippen LogP contribution in [0.5, 0.6) is 0 Å². The van der Waals surface area contributed by atoms with Gasteiger partial charge in [0.15, 0.2) is 5.78 Å². The molecule has 1 aliphatic carbocycles. The lowest BCUT2D eigenvalue weighted by Gasteiger charge is -2.25. The van der Waals surface area contributed by atoms with Crippen LogP contribution in [0.2, 0.25) is 0 Å². The van der Waals surface area contributed by atoms with Crippen molar-refractivity contribution in [3.8, 4) is 0 Å². The topological polar surface area (TPSA) is 49.9 Å². The predicted octanol–water partition coefficient (Wildman–Crippen LogP) is 4.20. The molecule has 2 aromatic rings. The van der Waals surface area contributed by atoms with E-state index in [0.717, 1.165) is 17.5 Å². The number of rotatable bonds is 3. The average molecular weight is 309 g/mol. The second-order valence-corrected chi connectivity index (χ2v) is 7.75. The summed E-state index contributed by atoms with van der Waals surface area (Å²) in [6.45, 7) is 8.18. The molecule has 0 spiro atoms. The number of hydrogen-bond donors (Lipinski definition) is 1. The number of benzene rings is 1. The van der Waals surface area contributed by atoms with Crippen molar-refractivity contribution in [1.29, 1.82) is 0 Å². The first-order valence-corrected chi connectivity index (χ1v) is 8.05. The van der Waals surface area contributed by atoms with Gasteiger partial charge in [-0.15, -0.1) is 0 Å². The van der Waals surface area contributed by atoms with E-state index in [1.807, 2.05) is 44.3 Å². The van der Waals surface area contributed by atoms with E-state index in [9.17, 15) is 9.59 Å². The lowest BCUT2D eigenvalue weighted by Crippen LogP contribution is -2.28. The first-order valence-electron chi connectivity index (χ1n) is 8.05. The van der Waals surface area contributed by atoms with E-state index in [4.69, 9.17) is 0 Å². The summed E-state index contributed by atoms with van der Waals surface area (Å²) in [5.41, 5.74) is 2.56. The molecule has 0 saturated heterocycles. The van der Waals surface area contributed by atoms with Crippen LogP contribution in [0, 0.1) is 12.3 Å². The Morgan fingerprint density at radius 1 is 1.17 bits per heavy atom. The van der Waals surface area contributed by atoms with Gasteiger partial charge in [0.1, 0.15) is 5.78 Å². The number of Topliss-reactive ketones (excluding diaryl/α,β-unsaturated/α-hetero) is 1. The highest BCUT2D eigenvalue weighted by molar-refractivity contribution is 6.11. The SMILES string of the molecule is Cc1cccc(C(=O)c2c[nH]cc2C2(C)CC(C)(C)CC2=O)c1. The van der Waals surface area contributed by atoms with Gasteiger partial charge in [-0.05, 0) is 37.3 Å². The lowest BCUT2D eigenvalue weighted by molar-refractivity contribution is -0.121. The minimum absolute atomic E-state index is 0.0211. The van der Waals surface area contributed by atoms with Crippen LogP contribution in [0.3, 0.4) is 0 Å². The Labute approximate surface area is 137 Å². The Bertz CT molecular complexity index is 784. The molecule has 3 nitrogen and oxygen atoms in total. The van der Waals surface area contributed by atoms with Crippen LogP contribution in [0.4, 0.5) is 0 Å². The number of aryl methyl sites for hydroxylation is 1. The number of ketones is 2. The van der Waals surface area contributed by atoms with Crippen molar-refractivity contribution in [2.24, 2.45) is 5.41 Å². The van der Waals surface area contributed by atoms with Crippen LogP contribution in [0.15, 0.2) is 36.7 Å². The van der Waals surface area contributed by atoms with Crippen LogP contribution in [-0.2, 0) is 10.2 Å². The normalized spacial score (nSPS) is 23.2. The molecule has 1 saturated carbocycles. The number of carbonyl (C=O) groups is 2. The van der Waals surface area contributed by atoms with Gasteiger partial charge in [0, 0.05) is 29.9 Å². The zero-order chi connectivity index (χ0) is 16.8. The van der Waals surface area contributed by atoms with Gasteiger partial charge in [-0.25, -0.2) is 0 Å². The molecule has 1 heterocycles. The molecule has 0 amide bonds. The molecule has 3 rings (SSSR count). The highest BCUT2D eigenvalue weighted by Gasteiger charge is 2.49. The van der Waals surface area contributed by atoms with Crippen molar-refractivity contribution >= 4 is 11.6 Å². The third-order valence-electron chi connectivity index (χ3n) is 4.95. The summed E-state index contributed by atoms with van der Waals surface area (Å²) in [6.07, 6.45) is 4.88. The van der Waals surface area contributed by atoms with Gasteiger partial charge in [0.2, 0.25) is 0 Å². The molecule has 1 fully saturated rings. The van der Waals surface area contributed by atoms with E-state index in [1.165, 1.54) is 0 Å². The van der Waals surface area contributed by atoms with Gasteiger partial charge in [-0.2, -0.15) is 0 Å². The van der Waals surface area contributed by atoms with E-state index in [2.05, 4.69) is 18.8 Å². The van der Waals surface area contributed by atoms with E-state index in [-0.39, 0.29) is 17.0 Å². The first-order chi connectivity index (χ1) is 10.7. The van der Waals surface area contributed by atoms with Crippen molar-refractivity contribution in [1.82, 2.24) is 4.98 Å². The maximum atomic E-state index is 12.9. The van der Waals surface area contributed by atoms with Crippen LogP contribution < -0.4 is 0 Å². The molecule has 0 radical (unpaired) electrons.